The van der Waals surface area contributed by atoms with Crippen molar-refractivity contribution < 1.29 is 0 Å². The third-order valence-corrected chi connectivity index (χ3v) is 2.11. The average molecular weight is 233 g/mol. The van der Waals surface area contributed by atoms with E-state index in [0.29, 0.717) is 10.7 Å². The SMILES string of the molecule is N#Cc1nn(-c2cccc(Cl)c2)cnc1=O. The molecule has 1 aromatic heterocycles. The molecule has 2 rings (SSSR count). The molecule has 0 saturated carbocycles. The van der Waals surface area contributed by atoms with Crippen LogP contribution in [0.15, 0.2) is 35.4 Å². The first-order valence-electron chi connectivity index (χ1n) is 4.33. The molecule has 78 valence electrons. The fourth-order valence-corrected chi connectivity index (χ4v) is 1.34. The van der Waals surface area contributed by atoms with Gasteiger partial charge in [0.15, 0.2) is 0 Å². The minimum Gasteiger partial charge on any atom is -0.264 e. The minimum atomic E-state index is -0.638. The van der Waals surface area contributed by atoms with Crippen LogP contribution in [0.25, 0.3) is 5.69 Å². The largest absolute Gasteiger partial charge is 0.309 e. The molecule has 0 amide bonds. The fraction of sp³-hybridized carbons (Fsp3) is 0. The first-order valence-corrected chi connectivity index (χ1v) is 4.70. The lowest BCUT2D eigenvalue weighted by atomic mass is 10.3. The second-order valence-corrected chi connectivity index (χ2v) is 3.37. The van der Waals surface area contributed by atoms with E-state index in [-0.39, 0.29) is 5.69 Å². The maximum absolute atomic E-state index is 11.1. The van der Waals surface area contributed by atoms with Gasteiger partial charge in [0.1, 0.15) is 12.4 Å². The van der Waals surface area contributed by atoms with Crippen molar-refractivity contribution in [2.24, 2.45) is 0 Å². The van der Waals surface area contributed by atoms with E-state index < -0.39 is 5.56 Å². The van der Waals surface area contributed by atoms with Crippen LogP contribution < -0.4 is 5.56 Å². The van der Waals surface area contributed by atoms with Gasteiger partial charge in [-0.25, -0.2) is 4.68 Å². The summed E-state index contributed by atoms with van der Waals surface area (Å²) < 4.78 is 1.33. The van der Waals surface area contributed by atoms with Crippen molar-refractivity contribution in [3.8, 4) is 11.8 Å². The van der Waals surface area contributed by atoms with E-state index in [9.17, 15) is 4.79 Å². The number of rotatable bonds is 1. The van der Waals surface area contributed by atoms with Crippen molar-refractivity contribution in [2.75, 3.05) is 0 Å². The van der Waals surface area contributed by atoms with Crippen molar-refractivity contribution in [1.82, 2.24) is 14.8 Å². The van der Waals surface area contributed by atoms with Crippen LogP contribution in [0.5, 0.6) is 0 Å². The number of hydrogen-bond donors (Lipinski definition) is 0. The molecular weight excluding hydrogens is 228 g/mol. The standard InChI is InChI=1S/C10H5ClN4O/c11-7-2-1-3-8(4-7)15-6-13-10(16)9(5-12)14-15/h1-4,6H. The lowest BCUT2D eigenvalue weighted by Crippen LogP contribution is -2.17. The zero-order valence-corrected chi connectivity index (χ0v) is 8.72. The highest BCUT2D eigenvalue weighted by Gasteiger charge is 2.03. The van der Waals surface area contributed by atoms with Crippen LogP contribution in [0, 0.1) is 11.3 Å². The highest BCUT2D eigenvalue weighted by Crippen LogP contribution is 2.12. The number of nitriles is 1. The molecule has 0 unspecified atom stereocenters. The van der Waals surface area contributed by atoms with E-state index in [2.05, 4.69) is 10.1 Å². The van der Waals surface area contributed by atoms with Gasteiger partial charge in [0.25, 0.3) is 0 Å². The summed E-state index contributed by atoms with van der Waals surface area (Å²) in [6.45, 7) is 0. The summed E-state index contributed by atoms with van der Waals surface area (Å²) in [5.74, 6) is 0. The summed E-state index contributed by atoms with van der Waals surface area (Å²) >= 11 is 5.81. The van der Waals surface area contributed by atoms with Gasteiger partial charge in [0.2, 0.25) is 5.69 Å². The Bertz CT molecular complexity index is 629. The van der Waals surface area contributed by atoms with E-state index in [1.807, 2.05) is 0 Å². The Labute approximate surface area is 95.5 Å². The van der Waals surface area contributed by atoms with Gasteiger partial charge in [-0.3, -0.25) is 4.79 Å². The molecule has 1 heterocycles. The molecule has 5 nitrogen and oxygen atoms in total. The third kappa shape index (κ3) is 1.92. The highest BCUT2D eigenvalue weighted by atomic mass is 35.5. The van der Waals surface area contributed by atoms with E-state index in [1.54, 1.807) is 30.3 Å². The molecule has 0 N–H and O–H groups in total. The number of halogens is 1. The quantitative estimate of drug-likeness (QED) is 0.740. The van der Waals surface area contributed by atoms with Crippen LogP contribution in [-0.2, 0) is 0 Å². The van der Waals surface area contributed by atoms with Crippen molar-refractivity contribution in [3.05, 3.63) is 51.7 Å². The van der Waals surface area contributed by atoms with Gasteiger partial charge in [0, 0.05) is 5.02 Å². The smallest absolute Gasteiger partial charge is 0.264 e. The molecule has 0 spiro atoms. The van der Waals surface area contributed by atoms with Gasteiger partial charge in [-0.15, -0.1) is 5.10 Å². The minimum absolute atomic E-state index is 0.248. The van der Waals surface area contributed by atoms with E-state index in [0.717, 1.165) is 0 Å². The van der Waals surface area contributed by atoms with Crippen molar-refractivity contribution >= 4 is 11.6 Å². The van der Waals surface area contributed by atoms with Crippen LogP contribution >= 0.6 is 11.6 Å². The third-order valence-electron chi connectivity index (χ3n) is 1.87. The van der Waals surface area contributed by atoms with E-state index in [1.165, 1.54) is 11.0 Å². The number of nitrogens with zero attached hydrogens (tertiary/aromatic N) is 4. The topological polar surface area (TPSA) is 71.6 Å². The number of hydrogen-bond acceptors (Lipinski definition) is 4. The first-order chi connectivity index (χ1) is 7.70. The molecule has 2 aromatic rings. The molecule has 16 heavy (non-hydrogen) atoms. The Morgan fingerprint density at radius 2 is 2.25 bits per heavy atom. The number of aromatic nitrogens is 3. The summed E-state index contributed by atoms with van der Waals surface area (Å²) in [5, 5.41) is 13.0. The lowest BCUT2D eigenvalue weighted by Gasteiger charge is -2.03. The number of benzene rings is 1. The predicted octanol–water partition coefficient (Wildman–Crippen LogP) is 1.15. The summed E-state index contributed by atoms with van der Waals surface area (Å²) in [4.78, 5) is 14.6. The van der Waals surface area contributed by atoms with Crippen molar-refractivity contribution in [2.45, 2.75) is 0 Å². The van der Waals surface area contributed by atoms with Crippen LogP contribution in [0.2, 0.25) is 5.02 Å². The van der Waals surface area contributed by atoms with Crippen molar-refractivity contribution in [3.63, 3.8) is 0 Å². The molecule has 0 aliphatic heterocycles. The normalized spacial score (nSPS) is 9.75. The first kappa shape index (κ1) is 10.3. The maximum atomic E-state index is 11.1. The molecule has 0 aliphatic rings. The molecular formula is C10H5ClN4O. The molecule has 6 heteroatoms. The van der Waals surface area contributed by atoms with Crippen LogP contribution in [0.4, 0.5) is 0 Å². The molecule has 0 bridgehead atoms. The summed E-state index contributed by atoms with van der Waals surface area (Å²) in [7, 11) is 0. The average Bonchev–Trinajstić information content (AvgIpc) is 2.29. The van der Waals surface area contributed by atoms with Crippen molar-refractivity contribution in [1.29, 1.82) is 5.26 Å². The summed E-state index contributed by atoms with van der Waals surface area (Å²) in [6, 6.07) is 8.53. The molecule has 0 saturated heterocycles. The van der Waals surface area contributed by atoms with Gasteiger partial charge in [-0.1, -0.05) is 17.7 Å². The molecule has 0 fully saturated rings. The maximum Gasteiger partial charge on any atom is 0.309 e. The summed E-state index contributed by atoms with van der Waals surface area (Å²) in [6.07, 6.45) is 1.24. The zero-order chi connectivity index (χ0) is 11.5. The highest BCUT2D eigenvalue weighted by molar-refractivity contribution is 6.30. The fourth-order valence-electron chi connectivity index (χ4n) is 1.16. The van der Waals surface area contributed by atoms with Crippen LogP contribution in [0.3, 0.4) is 0 Å². The van der Waals surface area contributed by atoms with Gasteiger partial charge in [-0.2, -0.15) is 10.2 Å². The van der Waals surface area contributed by atoms with Gasteiger partial charge in [0.05, 0.1) is 5.69 Å². The lowest BCUT2D eigenvalue weighted by molar-refractivity contribution is 0.783. The Kier molecular flexibility index (Phi) is 2.66. The second kappa shape index (κ2) is 4.13. The van der Waals surface area contributed by atoms with E-state index in [4.69, 9.17) is 16.9 Å². The van der Waals surface area contributed by atoms with Crippen LogP contribution in [0.1, 0.15) is 5.69 Å². The zero-order valence-electron chi connectivity index (χ0n) is 7.96. The summed E-state index contributed by atoms with van der Waals surface area (Å²) in [5.41, 5.74) is -0.250. The Morgan fingerprint density at radius 1 is 1.44 bits per heavy atom. The molecule has 0 aliphatic carbocycles. The van der Waals surface area contributed by atoms with E-state index >= 15 is 0 Å². The molecule has 0 radical (unpaired) electrons. The second-order valence-electron chi connectivity index (χ2n) is 2.93. The van der Waals surface area contributed by atoms with Gasteiger partial charge >= 0.3 is 5.56 Å². The molecule has 0 atom stereocenters. The Balaban J connectivity index is 2.58. The Morgan fingerprint density at radius 3 is 2.94 bits per heavy atom. The van der Waals surface area contributed by atoms with Crippen LogP contribution in [-0.4, -0.2) is 14.8 Å². The van der Waals surface area contributed by atoms with Gasteiger partial charge < -0.3 is 0 Å². The Hall–Kier alpha value is -2.19. The monoisotopic (exact) mass is 232 g/mol. The van der Waals surface area contributed by atoms with Gasteiger partial charge in [-0.05, 0) is 18.2 Å². The predicted molar refractivity (Wildman–Crippen MR) is 57.4 cm³/mol. The molecule has 1 aromatic carbocycles.